The van der Waals surface area contributed by atoms with E-state index in [0.717, 1.165) is 16.7 Å². The summed E-state index contributed by atoms with van der Waals surface area (Å²) in [6.45, 7) is 0.0760. The summed E-state index contributed by atoms with van der Waals surface area (Å²) in [5.41, 5.74) is 1.13. The van der Waals surface area contributed by atoms with Crippen LogP contribution in [0, 0.1) is 0 Å². The molecule has 0 spiro atoms. The fourth-order valence-corrected chi connectivity index (χ4v) is 5.69. The Labute approximate surface area is 226 Å². The number of methoxy groups -OCH3 is 1. The average molecular weight is 609 g/mol. The maximum absolute atomic E-state index is 13.1. The molecule has 12 heteroatoms. The van der Waals surface area contributed by atoms with Crippen LogP contribution in [0.3, 0.4) is 0 Å². The summed E-state index contributed by atoms with van der Waals surface area (Å²) in [5, 5.41) is 1.72. The second-order valence-electron chi connectivity index (χ2n) is 7.47. The van der Waals surface area contributed by atoms with Crippen molar-refractivity contribution >= 4 is 73.8 Å². The molecule has 8 nitrogen and oxygen atoms in total. The van der Waals surface area contributed by atoms with Gasteiger partial charge < -0.3 is 18.9 Å². The number of thioether (sulfide) groups is 1. The van der Waals surface area contributed by atoms with E-state index in [9.17, 15) is 14.4 Å². The van der Waals surface area contributed by atoms with E-state index < -0.39 is 17.1 Å². The fraction of sp³-hybridized carbons (Fsp3) is 0.125. The lowest BCUT2D eigenvalue weighted by atomic mass is 10.1. The number of amides is 2. The molecule has 3 aromatic rings. The maximum atomic E-state index is 13.1. The van der Waals surface area contributed by atoms with E-state index in [1.54, 1.807) is 47.9 Å². The zero-order valence-electron chi connectivity index (χ0n) is 18.4. The van der Waals surface area contributed by atoms with Gasteiger partial charge in [-0.05, 0) is 74.5 Å². The normalized spacial score (nSPS) is 15.6. The number of thiophene rings is 1. The standard InChI is InChI=1S/C24H15BrClNO7S2/c1-31-18-6-12(5-14(25)21(18)34-23(29)19-3-2-4-35-19)7-20-22(28)27(24(30)36-20)10-13-8-16-17(9-15(13)26)33-11-32-16/h2-9H,10-11H2,1H3/b20-7-. The Balaban J connectivity index is 1.37. The molecule has 0 saturated carbocycles. The molecule has 0 N–H and O–H groups in total. The van der Waals surface area contributed by atoms with E-state index in [1.807, 2.05) is 0 Å². The van der Waals surface area contributed by atoms with Crippen molar-refractivity contribution in [3.8, 4) is 23.0 Å². The lowest BCUT2D eigenvalue weighted by Gasteiger charge is -2.14. The number of rotatable bonds is 6. The van der Waals surface area contributed by atoms with Crippen LogP contribution in [0.2, 0.25) is 5.02 Å². The van der Waals surface area contributed by atoms with E-state index in [-0.39, 0.29) is 29.7 Å². The average Bonchev–Trinajstić information content (AvgIpc) is 3.59. The summed E-state index contributed by atoms with van der Waals surface area (Å²) in [6, 6.07) is 9.96. The van der Waals surface area contributed by atoms with Crippen LogP contribution in [-0.2, 0) is 11.3 Å². The number of ether oxygens (including phenoxy) is 4. The molecule has 0 radical (unpaired) electrons. The molecule has 2 amide bonds. The van der Waals surface area contributed by atoms with Gasteiger partial charge in [0.05, 0.1) is 23.0 Å². The summed E-state index contributed by atoms with van der Waals surface area (Å²) >= 11 is 11.8. The topological polar surface area (TPSA) is 91.4 Å². The predicted octanol–water partition coefficient (Wildman–Crippen LogP) is 6.36. The van der Waals surface area contributed by atoms with E-state index >= 15 is 0 Å². The fourth-order valence-electron chi connectivity index (χ4n) is 3.50. The van der Waals surface area contributed by atoms with Gasteiger partial charge in [0.25, 0.3) is 11.1 Å². The number of hydrogen-bond acceptors (Lipinski definition) is 9. The van der Waals surface area contributed by atoms with Gasteiger partial charge in [0, 0.05) is 11.1 Å². The summed E-state index contributed by atoms with van der Waals surface area (Å²) in [6.07, 6.45) is 1.57. The smallest absolute Gasteiger partial charge is 0.353 e. The second kappa shape index (κ2) is 10.2. The van der Waals surface area contributed by atoms with Crippen LogP contribution in [0.1, 0.15) is 20.8 Å². The van der Waals surface area contributed by atoms with Crippen molar-refractivity contribution < 1.29 is 33.3 Å². The molecule has 1 aromatic heterocycles. The lowest BCUT2D eigenvalue weighted by Crippen LogP contribution is -2.27. The van der Waals surface area contributed by atoms with Crippen molar-refractivity contribution in [1.82, 2.24) is 4.90 Å². The van der Waals surface area contributed by atoms with Crippen molar-refractivity contribution in [2.45, 2.75) is 6.54 Å². The van der Waals surface area contributed by atoms with E-state index in [2.05, 4.69) is 15.9 Å². The molecular formula is C24H15BrClNO7S2. The molecule has 0 aliphatic carbocycles. The third-order valence-corrected chi connectivity index (χ3v) is 7.91. The SMILES string of the molecule is COc1cc(/C=C2\SC(=O)N(Cc3cc4c(cc3Cl)OCO4)C2=O)cc(Br)c1OC(=O)c1cccs1. The van der Waals surface area contributed by atoms with Gasteiger partial charge >= 0.3 is 5.97 Å². The molecule has 1 fully saturated rings. The number of nitrogens with zero attached hydrogens (tertiary/aromatic N) is 1. The van der Waals surface area contributed by atoms with Crippen LogP contribution in [0.4, 0.5) is 4.79 Å². The van der Waals surface area contributed by atoms with Gasteiger partial charge in [-0.15, -0.1) is 11.3 Å². The molecule has 0 unspecified atom stereocenters. The minimum absolute atomic E-state index is 0.0118. The Hall–Kier alpha value is -2.99. The number of esters is 1. The number of imide groups is 1. The first-order valence-corrected chi connectivity index (χ1v) is 13.2. The first-order chi connectivity index (χ1) is 17.3. The molecule has 2 aromatic carbocycles. The van der Waals surface area contributed by atoms with Crippen molar-refractivity contribution in [2.24, 2.45) is 0 Å². The number of benzene rings is 2. The number of fused-ring (bicyclic) bond motifs is 1. The third kappa shape index (κ3) is 4.83. The molecule has 2 aliphatic rings. The van der Waals surface area contributed by atoms with Gasteiger partial charge in [-0.1, -0.05) is 17.7 Å². The second-order valence-corrected chi connectivity index (χ2v) is 10.7. The first kappa shape index (κ1) is 24.7. The van der Waals surface area contributed by atoms with Crippen molar-refractivity contribution in [1.29, 1.82) is 0 Å². The first-order valence-electron chi connectivity index (χ1n) is 10.3. The summed E-state index contributed by atoms with van der Waals surface area (Å²) in [7, 11) is 1.44. The van der Waals surface area contributed by atoms with Crippen LogP contribution >= 0.6 is 50.6 Å². The van der Waals surface area contributed by atoms with Gasteiger partial charge in [-0.2, -0.15) is 0 Å². The summed E-state index contributed by atoms with van der Waals surface area (Å²) < 4.78 is 22.0. The number of carbonyl (C=O) groups is 3. The number of hydrogen-bond donors (Lipinski definition) is 0. The van der Waals surface area contributed by atoms with Gasteiger partial charge in [0.1, 0.15) is 4.88 Å². The highest BCUT2D eigenvalue weighted by atomic mass is 79.9. The van der Waals surface area contributed by atoms with Gasteiger partial charge in [0.2, 0.25) is 6.79 Å². The van der Waals surface area contributed by atoms with Crippen LogP contribution in [0.25, 0.3) is 6.08 Å². The lowest BCUT2D eigenvalue weighted by molar-refractivity contribution is -0.123. The largest absolute Gasteiger partial charge is 0.493 e. The monoisotopic (exact) mass is 607 g/mol. The molecule has 5 rings (SSSR count). The molecule has 0 bridgehead atoms. The highest BCUT2D eigenvalue weighted by Gasteiger charge is 2.36. The zero-order valence-corrected chi connectivity index (χ0v) is 22.4. The number of halogens is 2. The van der Waals surface area contributed by atoms with Gasteiger partial charge in [-0.3, -0.25) is 14.5 Å². The van der Waals surface area contributed by atoms with E-state index in [4.69, 9.17) is 30.5 Å². The maximum Gasteiger partial charge on any atom is 0.353 e. The van der Waals surface area contributed by atoms with E-state index in [0.29, 0.717) is 37.0 Å². The van der Waals surface area contributed by atoms with Gasteiger partial charge in [0.15, 0.2) is 23.0 Å². The highest BCUT2D eigenvalue weighted by Crippen LogP contribution is 2.41. The number of carbonyl (C=O) groups excluding carboxylic acids is 3. The Kier molecular flexibility index (Phi) is 6.98. The van der Waals surface area contributed by atoms with Crippen molar-refractivity contribution in [3.05, 3.63) is 72.2 Å². The Bertz CT molecular complexity index is 1420. The highest BCUT2D eigenvalue weighted by molar-refractivity contribution is 9.10. The molecule has 36 heavy (non-hydrogen) atoms. The van der Waals surface area contributed by atoms with Crippen molar-refractivity contribution in [3.63, 3.8) is 0 Å². The Morgan fingerprint density at radius 2 is 2.00 bits per heavy atom. The van der Waals surface area contributed by atoms with Crippen LogP contribution in [0.15, 0.2) is 51.2 Å². The Morgan fingerprint density at radius 1 is 1.22 bits per heavy atom. The summed E-state index contributed by atoms with van der Waals surface area (Å²) in [4.78, 5) is 39.9. The molecule has 184 valence electrons. The molecule has 0 atom stereocenters. The molecule has 2 aliphatic heterocycles. The van der Waals surface area contributed by atoms with Crippen LogP contribution < -0.4 is 18.9 Å². The minimum atomic E-state index is -0.514. The third-order valence-electron chi connectivity index (χ3n) is 5.21. The van der Waals surface area contributed by atoms with Crippen LogP contribution in [-0.4, -0.2) is 35.9 Å². The zero-order chi connectivity index (χ0) is 25.4. The van der Waals surface area contributed by atoms with Crippen LogP contribution in [0.5, 0.6) is 23.0 Å². The van der Waals surface area contributed by atoms with Gasteiger partial charge in [-0.25, -0.2) is 4.79 Å². The van der Waals surface area contributed by atoms with E-state index in [1.165, 1.54) is 18.4 Å². The molecular weight excluding hydrogens is 594 g/mol. The summed E-state index contributed by atoms with van der Waals surface area (Å²) in [5.74, 6) is 0.545. The predicted molar refractivity (Wildman–Crippen MR) is 139 cm³/mol. The quantitative estimate of drug-likeness (QED) is 0.182. The Morgan fingerprint density at radius 3 is 2.72 bits per heavy atom. The molecule has 3 heterocycles. The minimum Gasteiger partial charge on any atom is -0.493 e. The molecule has 1 saturated heterocycles. The van der Waals surface area contributed by atoms with Crippen molar-refractivity contribution in [2.75, 3.05) is 13.9 Å².